The van der Waals surface area contributed by atoms with Crippen molar-refractivity contribution in [1.29, 1.82) is 0 Å². The van der Waals surface area contributed by atoms with Crippen LogP contribution in [0, 0.1) is 0 Å². The SMILES string of the molecule is CN(C)c1nsnc1N. The molecule has 0 atom stereocenters. The van der Waals surface area contributed by atoms with E-state index < -0.39 is 0 Å². The highest BCUT2D eigenvalue weighted by Crippen LogP contribution is 2.15. The van der Waals surface area contributed by atoms with Gasteiger partial charge in [-0.15, -0.1) is 0 Å². The van der Waals surface area contributed by atoms with Crippen LogP contribution >= 0.6 is 11.7 Å². The Morgan fingerprint density at radius 2 is 2.11 bits per heavy atom. The summed E-state index contributed by atoms with van der Waals surface area (Å²) in [6.45, 7) is 0. The van der Waals surface area contributed by atoms with Crippen molar-refractivity contribution in [2.24, 2.45) is 0 Å². The van der Waals surface area contributed by atoms with E-state index in [1.165, 1.54) is 0 Å². The van der Waals surface area contributed by atoms with Gasteiger partial charge in [0.1, 0.15) is 0 Å². The smallest absolute Gasteiger partial charge is 0.186 e. The number of nitrogens with zero attached hydrogens (tertiary/aromatic N) is 3. The summed E-state index contributed by atoms with van der Waals surface area (Å²) in [6, 6.07) is 0. The normalized spacial score (nSPS) is 9.56. The molecule has 0 aromatic carbocycles. The van der Waals surface area contributed by atoms with Gasteiger partial charge in [-0.2, -0.15) is 8.75 Å². The highest BCUT2D eigenvalue weighted by Gasteiger charge is 2.03. The van der Waals surface area contributed by atoms with E-state index in [0.717, 1.165) is 17.5 Å². The minimum atomic E-state index is 0.505. The van der Waals surface area contributed by atoms with Gasteiger partial charge in [-0.3, -0.25) is 0 Å². The molecule has 2 N–H and O–H groups in total. The zero-order valence-corrected chi connectivity index (χ0v) is 6.14. The first kappa shape index (κ1) is 6.28. The van der Waals surface area contributed by atoms with Crippen molar-refractivity contribution in [3.8, 4) is 0 Å². The molecule has 0 aliphatic heterocycles. The van der Waals surface area contributed by atoms with Crippen LogP contribution in [0.4, 0.5) is 11.6 Å². The number of anilines is 2. The predicted octanol–water partition coefficient (Wildman–Crippen LogP) is 0.186. The molecule has 0 fully saturated rings. The molecule has 9 heavy (non-hydrogen) atoms. The van der Waals surface area contributed by atoms with Gasteiger partial charge >= 0.3 is 0 Å². The first-order valence-electron chi connectivity index (χ1n) is 2.47. The number of nitrogen functional groups attached to an aromatic ring is 1. The lowest BCUT2D eigenvalue weighted by molar-refractivity contribution is 1.10. The second kappa shape index (κ2) is 2.18. The van der Waals surface area contributed by atoms with E-state index in [1.807, 2.05) is 19.0 Å². The molecular formula is C4H8N4S. The summed E-state index contributed by atoms with van der Waals surface area (Å²) in [5, 5.41) is 0. The number of nitrogens with two attached hydrogens (primary N) is 1. The van der Waals surface area contributed by atoms with Gasteiger partial charge in [-0.05, 0) is 0 Å². The van der Waals surface area contributed by atoms with Crippen LogP contribution in [0.2, 0.25) is 0 Å². The average molecular weight is 144 g/mol. The molecule has 0 amide bonds. The molecule has 1 heterocycles. The Labute approximate surface area is 57.6 Å². The van der Waals surface area contributed by atoms with E-state index >= 15 is 0 Å². The van der Waals surface area contributed by atoms with Crippen LogP contribution < -0.4 is 10.6 Å². The fourth-order valence-electron chi connectivity index (χ4n) is 0.501. The van der Waals surface area contributed by atoms with Crippen molar-refractivity contribution >= 4 is 23.4 Å². The Morgan fingerprint density at radius 1 is 1.44 bits per heavy atom. The van der Waals surface area contributed by atoms with Gasteiger partial charge in [-0.1, -0.05) is 0 Å². The Morgan fingerprint density at radius 3 is 2.33 bits per heavy atom. The maximum atomic E-state index is 5.44. The van der Waals surface area contributed by atoms with Crippen LogP contribution in [-0.2, 0) is 0 Å². The lowest BCUT2D eigenvalue weighted by Crippen LogP contribution is -2.10. The highest BCUT2D eigenvalue weighted by molar-refractivity contribution is 6.99. The van der Waals surface area contributed by atoms with Crippen molar-refractivity contribution in [3.63, 3.8) is 0 Å². The molecule has 1 rings (SSSR count). The molecule has 0 bridgehead atoms. The van der Waals surface area contributed by atoms with Crippen LogP contribution in [0.5, 0.6) is 0 Å². The third-order valence-corrected chi connectivity index (χ3v) is 1.45. The number of hydrogen-bond acceptors (Lipinski definition) is 5. The molecule has 4 nitrogen and oxygen atoms in total. The van der Waals surface area contributed by atoms with Crippen molar-refractivity contribution in [1.82, 2.24) is 8.75 Å². The van der Waals surface area contributed by atoms with Crippen LogP contribution in [0.3, 0.4) is 0 Å². The van der Waals surface area contributed by atoms with Gasteiger partial charge in [0.2, 0.25) is 0 Å². The third-order valence-electron chi connectivity index (χ3n) is 0.919. The summed E-state index contributed by atoms with van der Waals surface area (Å²) in [7, 11) is 3.76. The van der Waals surface area contributed by atoms with Crippen LogP contribution in [0.25, 0.3) is 0 Å². The summed E-state index contributed by atoms with van der Waals surface area (Å²) in [4.78, 5) is 1.83. The summed E-state index contributed by atoms with van der Waals surface area (Å²) in [6.07, 6.45) is 0. The lowest BCUT2D eigenvalue weighted by Gasteiger charge is -2.06. The van der Waals surface area contributed by atoms with Crippen molar-refractivity contribution in [2.75, 3.05) is 24.7 Å². The van der Waals surface area contributed by atoms with Gasteiger partial charge in [0.25, 0.3) is 0 Å². The number of hydrogen-bond donors (Lipinski definition) is 1. The Balaban J connectivity index is 2.94. The molecule has 1 aromatic heterocycles. The fraction of sp³-hybridized carbons (Fsp3) is 0.500. The van der Waals surface area contributed by atoms with Gasteiger partial charge < -0.3 is 10.6 Å². The number of aromatic nitrogens is 2. The Bertz CT molecular complexity index is 194. The standard InChI is InChI=1S/C4H8N4S/c1-8(2)4-3(5)6-9-7-4/h1-2H3,(H2,5,6). The molecule has 1 aromatic rings. The Hall–Kier alpha value is -0.840. The average Bonchev–Trinajstić information content (AvgIpc) is 2.13. The molecule has 0 radical (unpaired) electrons. The molecule has 0 saturated heterocycles. The Kier molecular flexibility index (Phi) is 1.52. The van der Waals surface area contributed by atoms with E-state index in [0.29, 0.717) is 5.82 Å². The first-order valence-corrected chi connectivity index (χ1v) is 3.20. The summed E-state index contributed by atoms with van der Waals surface area (Å²) in [5.41, 5.74) is 5.44. The molecule has 0 aliphatic carbocycles. The van der Waals surface area contributed by atoms with E-state index in [2.05, 4.69) is 8.75 Å². The summed E-state index contributed by atoms with van der Waals surface area (Å²) >= 11 is 1.13. The predicted molar refractivity (Wildman–Crippen MR) is 38.6 cm³/mol. The second-order valence-electron chi connectivity index (χ2n) is 1.87. The van der Waals surface area contributed by atoms with Crippen molar-refractivity contribution < 1.29 is 0 Å². The third kappa shape index (κ3) is 1.10. The summed E-state index contributed by atoms with van der Waals surface area (Å²) < 4.78 is 7.75. The van der Waals surface area contributed by atoms with E-state index in [-0.39, 0.29) is 0 Å². The molecule has 0 unspecified atom stereocenters. The topological polar surface area (TPSA) is 55.0 Å². The zero-order chi connectivity index (χ0) is 6.85. The van der Waals surface area contributed by atoms with Crippen LogP contribution in [0.15, 0.2) is 0 Å². The van der Waals surface area contributed by atoms with Gasteiger partial charge in [0.05, 0.1) is 11.7 Å². The molecule has 50 valence electrons. The molecule has 5 heteroatoms. The van der Waals surface area contributed by atoms with Crippen molar-refractivity contribution in [2.45, 2.75) is 0 Å². The fourth-order valence-corrected chi connectivity index (χ4v) is 1.05. The monoisotopic (exact) mass is 144 g/mol. The van der Waals surface area contributed by atoms with Crippen LogP contribution in [-0.4, -0.2) is 22.8 Å². The van der Waals surface area contributed by atoms with E-state index in [1.54, 1.807) is 0 Å². The molecule has 0 aliphatic rings. The zero-order valence-electron chi connectivity index (χ0n) is 5.33. The van der Waals surface area contributed by atoms with Gasteiger partial charge in [0, 0.05) is 14.1 Å². The molecule has 0 saturated carbocycles. The minimum absolute atomic E-state index is 0.505. The maximum Gasteiger partial charge on any atom is 0.186 e. The minimum Gasteiger partial charge on any atom is -0.380 e. The molecule has 0 spiro atoms. The van der Waals surface area contributed by atoms with E-state index in [4.69, 9.17) is 5.73 Å². The summed E-state index contributed by atoms with van der Waals surface area (Å²) in [5.74, 6) is 1.25. The highest BCUT2D eigenvalue weighted by atomic mass is 32.1. The lowest BCUT2D eigenvalue weighted by atomic mass is 10.6. The second-order valence-corrected chi connectivity index (χ2v) is 2.40. The molecular weight excluding hydrogens is 136 g/mol. The number of rotatable bonds is 1. The van der Waals surface area contributed by atoms with Crippen molar-refractivity contribution in [3.05, 3.63) is 0 Å². The quantitative estimate of drug-likeness (QED) is 0.611. The van der Waals surface area contributed by atoms with Gasteiger partial charge in [-0.25, -0.2) is 0 Å². The largest absolute Gasteiger partial charge is 0.380 e. The van der Waals surface area contributed by atoms with Gasteiger partial charge in [0.15, 0.2) is 11.6 Å². The van der Waals surface area contributed by atoms with E-state index in [9.17, 15) is 0 Å². The maximum absolute atomic E-state index is 5.44. The van der Waals surface area contributed by atoms with Crippen LogP contribution in [0.1, 0.15) is 0 Å². The first-order chi connectivity index (χ1) is 4.22.